The Morgan fingerprint density at radius 1 is 1.17 bits per heavy atom. The summed E-state index contributed by atoms with van der Waals surface area (Å²) in [6, 6.07) is 7.89. The van der Waals surface area contributed by atoms with Gasteiger partial charge in [0.1, 0.15) is 0 Å². The monoisotopic (exact) mass is 182 g/mol. The van der Waals surface area contributed by atoms with Gasteiger partial charge in [-0.2, -0.15) is 0 Å². The second-order valence-electron chi connectivity index (χ2n) is 3.37. The van der Waals surface area contributed by atoms with Crippen LogP contribution >= 0.6 is 11.6 Å². The Morgan fingerprint density at radius 3 is 2.25 bits per heavy atom. The summed E-state index contributed by atoms with van der Waals surface area (Å²) in [7, 11) is 0. The fourth-order valence-corrected chi connectivity index (χ4v) is 1.72. The van der Waals surface area contributed by atoms with Crippen molar-refractivity contribution in [3.8, 4) is 0 Å². The normalized spacial score (nSPS) is 28.2. The number of halogens is 1. The fraction of sp³-hybridized carbons (Fsp3) is 0.400. The van der Waals surface area contributed by atoms with E-state index in [9.17, 15) is 0 Å². The Balaban J connectivity index is 2.09. The van der Waals surface area contributed by atoms with Crippen molar-refractivity contribution in [1.82, 2.24) is 0 Å². The van der Waals surface area contributed by atoms with Crippen LogP contribution in [0, 0.1) is 0 Å². The SMILES string of the molecule is O[C@H]1C[C@@H](c2ccc(Cl)cc2)C1. The third-order valence-corrected chi connectivity index (χ3v) is 2.71. The van der Waals surface area contributed by atoms with E-state index in [1.807, 2.05) is 24.3 Å². The van der Waals surface area contributed by atoms with Gasteiger partial charge in [-0.15, -0.1) is 0 Å². The molecule has 0 aliphatic heterocycles. The van der Waals surface area contributed by atoms with E-state index < -0.39 is 0 Å². The van der Waals surface area contributed by atoms with E-state index in [0.717, 1.165) is 17.9 Å². The van der Waals surface area contributed by atoms with Crippen LogP contribution < -0.4 is 0 Å². The lowest BCUT2D eigenvalue weighted by Gasteiger charge is -2.31. The molecule has 0 saturated heterocycles. The van der Waals surface area contributed by atoms with Gasteiger partial charge < -0.3 is 5.11 Å². The van der Waals surface area contributed by atoms with E-state index in [-0.39, 0.29) is 6.10 Å². The molecule has 0 radical (unpaired) electrons. The molecule has 1 saturated carbocycles. The maximum absolute atomic E-state index is 9.11. The molecule has 1 aromatic rings. The van der Waals surface area contributed by atoms with Crippen LogP contribution in [-0.2, 0) is 0 Å². The number of aliphatic hydroxyl groups excluding tert-OH is 1. The molecule has 1 aliphatic rings. The van der Waals surface area contributed by atoms with Crippen molar-refractivity contribution in [2.45, 2.75) is 24.9 Å². The highest BCUT2D eigenvalue weighted by atomic mass is 35.5. The third-order valence-electron chi connectivity index (χ3n) is 2.45. The summed E-state index contributed by atoms with van der Waals surface area (Å²) in [5.41, 5.74) is 1.30. The van der Waals surface area contributed by atoms with Crippen molar-refractivity contribution in [2.75, 3.05) is 0 Å². The van der Waals surface area contributed by atoms with Crippen molar-refractivity contribution < 1.29 is 5.11 Å². The van der Waals surface area contributed by atoms with Gasteiger partial charge in [-0.1, -0.05) is 23.7 Å². The summed E-state index contributed by atoms with van der Waals surface area (Å²) < 4.78 is 0. The Kier molecular flexibility index (Phi) is 2.07. The van der Waals surface area contributed by atoms with Gasteiger partial charge in [0.15, 0.2) is 0 Å². The van der Waals surface area contributed by atoms with E-state index in [4.69, 9.17) is 16.7 Å². The minimum atomic E-state index is -0.0781. The fourth-order valence-electron chi connectivity index (χ4n) is 1.59. The van der Waals surface area contributed by atoms with Gasteiger partial charge in [-0.25, -0.2) is 0 Å². The highest BCUT2D eigenvalue weighted by molar-refractivity contribution is 6.30. The number of aliphatic hydroxyl groups is 1. The summed E-state index contributed by atoms with van der Waals surface area (Å²) in [5.74, 6) is 0.553. The van der Waals surface area contributed by atoms with Crippen LogP contribution in [0.5, 0.6) is 0 Å². The van der Waals surface area contributed by atoms with Crippen LogP contribution in [0.25, 0.3) is 0 Å². The standard InChI is InChI=1S/C10H11ClO/c11-9-3-1-7(2-4-9)8-5-10(12)6-8/h1-4,8,10,12H,5-6H2/t8-,10+. The van der Waals surface area contributed by atoms with E-state index in [0.29, 0.717) is 5.92 Å². The van der Waals surface area contributed by atoms with Gasteiger partial charge in [-0.05, 0) is 36.5 Å². The van der Waals surface area contributed by atoms with Gasteiger partial charge in [0.25, 0.3) is 0 Å². The van der Waals surface area contributed by atoms with Gasteiger partial charge in [0, 0.05) is 5.02 Å². The second kappa shape index (κ2) is 3.08. The molecule has 1 aromatic carbocycles. The quantitative estimate of drug-likeness (QED) is 0.708. The average Bonchev–Trinajstić information content (AvgIpc) is 2.01. The van der Waals surface area contributed by atoms with E-state index in [2.05, 4.69) is 0 Å². The van der Waals surface area contributed by atoms with E-state index in [1.54, 1.807) is 0 Å². The summed E-state index contributed by atoms with van der Waals surface area (Å²) >= 11 is 5.76. The van der Waals surface area contributed by atoms with Gasteiger partial charge in [0.2, 0.25) is 0 Å². The van der Waals surface area contributed by atoms with Crippen LogP contribution in [0.4, 0.5) is 0 Å². The Hall–Kier alpha value is -0.530. The molecule has 64 valence electrons. The number of benzene rings is 1. The summed E-state index contributed by atoms with van der Waals surface area (Å²) in [6.07, 6.45) is 1.73. The average molecular weight is 183 g/mol. The summed E-state index contributed by atoms with van der Waals surface area (Å²) in [6.45, 7) is 0. The first kappa shape index (κ1) is 8.09. The molecule has 1 nitrogen and oxygen atoms in total. The first-order valence-electron chi connectivity index (χ1n) is 4.19. The van der Waals surface area contributed by atoms with Gasteiger partial charge in [0.05, 0.1) is 6.10 Å². The highest BCUT2D eigenvalue weighted by Crippen LogP contribution is 2.36. The lowest BCUT2D eigenvalue weighted by molar-refractivity contribution is 0.0746. The molecular formula is C10H11ClO. The zero-order valence-corrected chi connectivity index (χ0v) is 7.46. The Morgan fingerprint density at radius 2 is 1.75 bits per heavy atom. The maximum Gasteiger partial charge on any atom is 0.0552 e. The molecule has 12 heavy (non-hydrogen) atoms. The van der Waals surface area contributed by atoms with Crippen LogP contribution in [0.2, 0.25) is 5.02 Å². The van der Waals surface area contributed by atoms with Crippen molar-refractivity contribution >= 4 is 11.6 Å². The number of rotatable bonds is 1. The van der Waals surface area contributed by atoms with E-state index in [1.165, 1.54) is 5.56 Å². The van der Waals surface area contributed by atoms with Crippen LogP contribution in [0.15, 0.2) is 24.3 Å². The van der Waals surface area contributed by atoms with E-state index >= 15 is 0 Å². The molecule has 0 amide bonds. The van der Waals surface area contributed by atoms with Crippen molar-refractivity contribution in [1.29, 1.82) is 0 Å². The molecule has 0 bridgehead atoms. The topological polar surface area (TPSA) is 20.2 Å². The van der Waals surface area contributed by atoms with Gasteiger partial charge >= 0.3 is 0 Å². The minimum Gasteiger partial charge on any atom is -0.393 e. The van der Waals surface area contributed by atoms with Crippen LogP contribution in [0.1, 0.15) is 24.3 Å². The van der Waals surface area contributed by atoms with Crippen LogP contribution in [-0.4, -0.2) is 11.2 Å². The molecule has 2 rings (SSSR count). The highest BCUT2D eigenvalue weighted by Gasteiger charge is 2.27. The molecule has 1 N–H and O–H groups in total. The second-order valence-corrected chi connectivity index (χ2v) is 3.81. The molecule has 1 fully saturated rings. The van der Waals surface area contributed by atoms with Crippen molar-refractivity contribution in [3.05, 3.63) is 34.9 Å². The first-order chi connectivity index (χ1) is 5.75. The largest absolute Gasteiger partial charge is 0.393 e. The molecule has 0 spiro atoms. The Labute approximate surface area is 77.0 Å². The maximum atomic E-state index is 9.11. The Bertz CT molecular complexity index is 262. The lowest BCUT2D eigenvalue weighted by Crippen LogP contribution is -2.26. The molecule has 1 aliphatic carbocycles. The van der Waals surface area contributed by atoms with Crippen molar-refractivity contribution in [3.63, 3.8) is 0 Å². The summed E-state index contributed by atoms with van der Waals surface area (Å²) in [4.78, 5) is 0. The predicted octanol–water partition coefficient (Wildman–Crippen LogP) is 2.58. The molecule has 0 heterocycles. The molecular weight excluding hydrogens is 172 g/mol. The zero-order valence-electron chi connectivity index (χ0n) is 6.70. The summed E-state index contributed by atoms with van der Waals surface area (Å²) in [5, 5.41) is 9.88. The third kappa shape index (κ3) is 1.47. The molecule has 0 aromatic heterocycles. The minimum absolute atomic E-state index is 0.0781. The number of hydrogen-bond acceptors (Lipinski definition) is 1. The molecule has 0 atom stereocenters. The van der Waals surface area contributed by atoms with Crippen molar-refractivity contribution in [2.24, 2.45) is 0 Å². The lowest BCUT2D eigenvalue weighted by atomic mass is 9.78. The molecule has 2 heteroatoms. The smallest absolute Gasteiger partial charge is 0.0552 e. The first-order valence-corrected chi connectivity index (χ1v) is 4.57. The predicted molar refractivity (Wildman–Crippen MR) is 49.4 cm³/mol. The number of hydrogen-bond donors (Lipinski definition) is 1. The molecule has 0 unspecified atom stereocenters. The van der Waals surface area contributed by atoms with Crippen LogP contribution in [0.3, 0.4) is 0 Å². The van der Waals surface area contributed by atoms with Gasteiger partial charge in [-0.3, -0.25) is 0 Å². The zero-order chi connectivity index (χ0) is 8.55.